The van der Waals surface area contributed by atoms with Gasteiger partial charge in [0.2, 0.25) is 5.78 Å². The van der Waals surface area contributed by atoms with Crippen molar-refractivity contribution in [1.29, 1.82) is 0 Å². The smallest absolute Gasteiger partial charge is 0.292 e. The van der Waals surface area contributed by atoms with E-state index in [1.165, 1.54) is 22.3 Å². The van der Waals surface area contributed by atoms with Crippen molar-refractivity contribution in [2.75, 3.05) is 31.2 Å². The van der Waals surface area contributed by atoms with Crippen molar-refractivity contribution in [3.8, 4) is 0 Å². The highest BCUT2D eigenvalue weighted by molar-refractivity contribution is 7.18. The first kappa shape index (κ1) is 26.8. The van der Waals surface area contributed by atoms with E-state index in [-0.39, 0.29) is 17.6 Å². The van der Waals surface area contributed by atoms with Crippen LogP contribution in [0, 0.1) is 17.8 Å². The zero-order valence-corrected chi connectivity index (χ0v) is 23.7. The van der Waals surface area contributed by atoms with Crippen molar-refractivity contribution in [3.05, 3.63) is 46.6 Å². The number of carbonyl (C=O) groups excluding carboxylic acids is 2. The van der Waals surface area contributed by atoms with Crippen molar-refractivity contribution >= 4 is 44.7 Å². The van der Waals surface area contributed by atoms with Crippen LogP contribution in [0.5, 0.6) is 0 Å². The van der Waals surface area contributed by atoms with Crippen molar-refractivity contribution in [2.45, 2.75) is 64.7 Å². The molecule has 1 aromatic carbocycles. The molecular weight excluding hydrogens is 494 g/mol. The van der Waals surface area contributed by atoms with E-state index in [1.54, 1.807) is 17.4 Å². The minimum atomic E-state index is -0.574. The normalized spacial score (nSPS) is 26.4. The number of aromatic nitrogens is 2. The Morgan fingerprint density at radius 3 is 2.71 bits per heavy atom. The molecule has 1 saturated heterocycles. The zero-order valence-electron chi connectivity index (χ0n) is 22.9. The first-order chi connectivity index (χ1) is 18.2. The maximum absolute atomic E-state index is 13.5. The van der Waals surface area contributed by atoms with Crippen LogP contribution in [-0.2, 0) is 16.0 Å². The summed E-state index contributed by atoms with van der Waals surface area (Å²) in [6.45, 7) is 8.66. The Kier molecular flexibility index (Phi) is 7.82. The number of ketones is 1. The van der Waals surface area contributed by atoms with Crippen molar-refractivity contribution < 1.29 is 9.59 Å². The second-order valence-corrected chi connectivity index (χ2v) is 12.7. The number of fused-ring (bicyclic) bond motifs is 1. The van der Waals surface area contributed by atoms with E-state index in [9.17, 15) is 9.59 Å². The second-order valence-electron chi connectivity index (χ2n) is 11.6. The van der Waals surface area contributed by atoms with Gasteiger partial charge in [0.1, 0.15) is 5.82 Å². The van der Waals surface area contributed by atoms with Crippen molar-refractivity contribution in [3.63, 3.8) is 0 Å². The number of amides is 1. The van der Waals surface area contributed by atoms with E-state index >= 15 is 0 Å². The number of pyridine rings is 1. The maximum atomic E-state index is 13.5. The summed E-state index contributed by atoms with van der Waals surface area (Å²) in [7, 11) is 2.19. The van der Waals surface area contributed by atoms with Gasteiger partial charge in [-0.1, -0.05) is 33.3 Å². The molecule has 2 fully saturated rings. The number of likely N-dealkylation sites (N-methyl/N-ethyl adjacent to an activating group) is 1. The molecule has 0 radical (unpaired) electrons. The highest BCUT2D eigenvalue weighted by Gasteiger charge is 2.38. The minimum Gasteiger partial charge on any atom is -0.383 e. The fraction of sp³-hybridized carbons (Fsp3) is 0.533. The van der Waals surface area contributed by atoms with Crippen LogP contribution in [0.4, 0.5) is 11.5 Å². The molecule has 38 heavy (non-hydrogen) atoms. The van der Waals surface area contributed by atoms with Gasteiger partial charge in [-0.15, -0.1) is 11.3 Å². The van der Waals surface area contributed by atoms with Crippen LogP contribution in [-0.4, -0.2) is 46.7 Å². The number of anilines is 2. The number of nitrogens with one attached hydrogen (secondary N) is 1. The number of Topliss-reactive ketones (excluding diaryl/α,β-unsaturated/α-hetero) is 1. The highest BCUT2D eigenvalue weighted by atomic mass is 32.1. The zero-order chi connectivity index (χ0) is 27.0. The maximum Gasteiger partial charge on any atom is 0.292 e. The molecule has 8 heteroatoms. The van der Waals surface area contributed by atoms with Crippen LogP contribution in [0.15, 0.2) is 30.5 Å². The molecule has 3 N–H and O–H groups in total. The number of hydrogen-bond acceptors (Lipinski definition) is 7. The van der Waals surface area contributed by atoms with Gasteiger partial charge in [-0.05, 0) is 79.8 Å². The van der Waals surface area contributed by atoms with E-state index < -0.39 is 5.91 Å². The number of benzene rings is 1. The van der Waals surface area contributed by atoms with Gasteiger partial charge < -0.3 is 16.0 Å². The average molecular weight is 534 g/mol. The molecular formula is C30H39N5O2S. The summed E-state index contributed by atoms with van der Waals surface area (Å²) in [6, 6.07) is 8.28. The number of thiazole rings is 1. The molecule has 1 aliphatic carbocycles. The number of likely N-dealkylation sites (tertiary alicyclic amines) is 1. The quantitative estimate of drug-likeness (QED) is 0.399. The Morgan fingerprint density at radius 1 is 1.13 bits per heavy atom. The van der Waals surface area contributed by atoms with Gasteiger partial charge in [-0.2, -0.15) is 0 Å². The van der Waals surface area contributed by atoms with Crippen LogP contribution in [0.1, 0.15) is 74.4 Å². The molecule has 7 nitrogen and oxygen atoms in total. The van der Waals surface area contributed by atoms with E-state index in [2.05, 4.69) is 54.3 Å². The lowest BCUT2D eigenvalue weighted by Crippen LogP contribution is -2.36. The summed E-state index contributed by atoms with van der Waals surface area (Å²) in [5, 5.41) is 3.99. The molecule has 5 rings (SSSR count). The summed E-state index contributed by atoms with van der Waals surface area (Å²) in [5.74, 6) is 0.715. The second kappa shape index (κ2) is 11.1. The number of nitrogens with zero attached hydrogens (tertiary/aromatic N) is 3. The first-order valence-corrected chi connectivity index (χ1v) is 14.7. The van der Waals surface area contributed by atoms with Crippen LogP contribution in [0.25, 0.3) is 10.2 Å². The SMILES string of the molecule is CCc1cc(NC(=O)C(=O)C2C[C@@H](C)CC[C@H]2c2ccc3sc([C@@H]4C[C@@H](C)CN(C)C4)nc3c2)cnc1N. The standard InChI is InChI=1S/C30H39N5O2S/c1-5-19-12-22(14-32-28(19)31)33-29(37)27(36)24-11-17(2)6-8-23(24)20-7-9-26-25(13-20)34-30(38-26)21-10-18(3)15-35(4)16-21/h7,9,12-14,17-18,21,23-24H,5-6,8,10-11,15-16H2,1-4H3,(H2,31,32)(H,33,37)/t17-,18+,21+,23-,24?/m0/s1. The predicted molar refractivity (Wildman–Crippen MR) is 155 cm³/mol. The number of nitrogens with two attached hydrogens (primary N) is 1. The highest BCUT2D eigenvalue weighted by Crippen LogP contribution is 2.43. The number of nitrogen functional groups attached to an aromatic ring is 1. The lowest BCUT2D eigenvalue weighted by atomic mass is 9.70. The molecule has 1 unspecified atom stereocenters. The van der Waals surface area contributed by atoms with Crippen LogP contribution in [0.2, 0.25) is 0 Å². The molecule has 202 valence electrons. The molecule has 1 amide bonds. The lowest BCUT2D eigenvalue weighted by molar-refractivity contribution is -0.138. The molecule has 3 aromatic rings. The van der Waals surface area contributed by atoms with Gasteiger partial charge in [0.15, 0.2) is 0 Å². The lowest BCUT2D eigenvalue weighted by Gasteiger charge is -2.34. The summed E-state index contributed by atoms with van der Waals surface area (Å²) in [6.07, 6.45) is 6.04. The molecule has 0 spiro atoms. The number of aryl methyl sites for hydroxylation is 1. The molecule has 3 heterocycles. The Bertz CT molecular complexity index is 1330. The first-order valence-electron chi connectivity index (χ1n) is 13.9. The van der Waals surface area contributed by atoms with E-state index in [4.69, 9.17) is 10.7 Å². The monoisotopic (exact) mass is 533 g/mol. The third-order valence-electron chi connectivity index (χ3n) is 8.36. The van der Waals surface area contributed by atoms with Gasteiger partial charge in [-0.25, -0.2) is 9.97 Å². The Labute approximate surface area is 229 Å². The largest absolute Gasteiger partial charge is 0.383 e. The summed E-state index contributed by atoms with van der Waals surface area (Å²) in [4.78, 5) is 38.2. The van der Waals surface area contributed by atoms with Gasteiger partial charge in [0, 0.05) is 24.9 Å². The van der Waals surface area contributed by atoms with Gasteiger partial charge in [0.05, 0.1) is 27.1 Å². The number of rotatable bonds is 6. The average Bonchev–Trinajstić information content (AvgIpc) is 3.32. The topological polar surface area (TPSA) is 101 Å². The Hall–Kier alpha value is -2.84. The predicted octanol–water partition coefficient (Wildman–Crippen LogP) is 5.62. The van der Waals surface area contributed by atoms with Crippen molar-refractivity contribution in [2.24, 2.45) is 17.8 Å². The van der Waals surface area contributed by atoms with Crippen LogP contribution >= 0.6 is 11.3 Å². The molecule has 1 aliphatic heterocycles. The number of hydrogen-bond donors (Lipinski definition) is 2. The Morgan fingerprint density at radius 2 is 1.95 bits per heavy atom. The Balaban J connectivity index is 1.37. The summed E-state index contributed by atoms with van der Waals surface area (Å²) >= 11 is 1.80. The van der Waals surface area contributed by atoms with Crippen molar-refractivity contribution in [1.82, 2.24) is 14.9 Å². The fourth-order valence-corrected chi connectivity index (χ4v) is 7.52. The van der Waals surface area contributed by atoms with Gasteiger partial charge in [-0.3, -0.25) is 9.59 Å². The van der Waals surface area contributed by atoms with E-state index in [0.29, 0.717) is 42.1 Å². The van der Waals surface area contributed by atoms with Gasteiger partial charge in [0.25, 0.3) is 5.91 Å². The molecule has 2 aliphatic rings. The molecule has 0 bridgehead atoms. The molecule has 2 aromatic heterocycles. The van der Waals surface area contributed by atoms with Crippen LogP contribution < -0.4 is 11.1 Å². The minimum absolute atomic E-state index is 0.00980. The summed E-state index contributed by atoms with van der Waals surface area (Å²) < 4.78 is 1.19. The third-order valence-corrected chi connectivity index (χ3v) is 9.56. The van der Waals surface area contributed by atoms with Gasteiger partial charge >= 0.3 is 0 Å². The molecule has 5 atom stereocenters. The summed E-state index contributed by atoms with van der Waals surface area (Å²) in [5.41, 5.74) is 9.39. The number of piperidine rings is 1. The van der Waals surface area contributed by atoms with Crippen LogP contribution in [0.3, 0.4) is 0 Å². The van der Waals surface area contributed by atoms with E-state index in [0.717, 1.165) is 42.6 Å². The number of carbonyl (C=O) groups is 2. The molecule has 1 saturated carbocycles. The van der Waals surface area contributed by atoms with E-state index in [1.807, 2.05) is 6.92 Å². The fourth-order valence-electron chi connectivity index (χ4n) is 6.47. The third kappa shape index (κ3) is 5.61.